The Morgan fingerprint density at radius 1 is 1.69 bits per heavy atom. The Kier molecular flexibility index (Phi) is 2.11. The number of carboxylic acid groups (broad SMARTS) is 1. The Morgan fingerprint density at radius 3 is 2.46 bits per heavy atom. The van der Waals surface area contributed by atoms with Crippen molar-refractivity contribution in [2.24, 2.45) is 7.05 Å². The van der Waals surface area contributed by atoms with E-state index in [1.807, 2.05) is 0 Å². The van der Waals surface area contributed by atoms with Crippen LogP contribution in [0.5, 0.6) is 0 Å². The molecule has 0 amide bonds. The van der Waals surface area contributed by atoms with Gasteiger partial charge in [-0.1, -0.05) is 0 Å². The molecule has 0 fully saturated rings. The van der Waals surface area contributed by atoms with Gasteiger partial charge in [-0.3, -0.25) is 4.68 Å². The van der Waals surface area contributed by atoms with Gasteiger partial charge in [-0.25, -0.2) is 9.18 Å². The second kappa shape index (κ2) is 2.83. The lowest BCUT2D eigenvalue weighted by Crippen LogP contribution is -2.14. The van der Waals surface area contributed by atoms with E-state index >= 15 is 0 Å². The molecule has 4 nitrogen and oxygen atoms in total. The Bertz CT molecular complexity index is 338. The average Bonchev–Trinajstić information content (AvgIpc) is 2.29. The zero-order chi connectivity index (χ0) is 10.2. The predicted molar refractivity (Wildman–Crippen MR) is 44.3 cm³/mol. The van der Waals surface area contributed by atoms with Gasteiger partial charge >= 0.3 is 5.97 Å². The second-order valence-corrected chi connectivity index (χ2v) is 3.32. The summed E-state index contributed by atoms with van der Waals surface area (Å²) >= 11 is 0. The van der Waals surface area contributed by atoms with E-state index in [1.165, 1.54) is 31.6 Å². The molecule has 0 aliphatic carbocycles. The number of aryl methyl sites for hydroxylation is 1. The molecule has 0 spiro atoms. The lowest BCUT2D eigenvalue weighted by Gasteiger charge is -2.13. The minimum absolute atomic E-state index is 0.136. The summed E-state index contributed by atoms with van der Waals surface area (Å²) in [5, 5.41) is 12.2. The summed E-state index contributed by atoms with van der Waals surface area (Å²) in [6.07, 6.45) is 0. The number of nitrogens with zero attached hydrogens (tertiary/aromatic N) is 2. The summed E-state index contributed by atoms with van der Waals surface area (Å²) in [7, 11) is 1.52. The van der Waals surface area contributed by atoms with Crippen LogP contribution in [0.3, 0.4) is 0 Å². The molecule has 1 rings (SSSR count). The van der Waals surface area contributed by atoms with E-state index in [-0.39, 0.29) is 11.4 Å². The fourth-order valence-corrected chi connectivity index (χ4v) is 1.13. The number of halogens is 1. The van der Waals surface area contributed by atoms with Crippen molar-refractivity contribution in [3.05, 3.63) is 17.5 Å². The van der Waals surface area contributed by atoms with Gasteiger partial charge in [0.25, 0.3) is 0 Å². The number of alkyl halides is 1. The van der Waals surface area contributed by atoms with E-state index in [1.54, 1.807) is 0 Å². The highest BCUT2D eigenvalue weighted by atomic mass is 19.1. The van der Waals surface area contributed by atoms with Crippen LogP contribution in [0.25, 0.3) is 0 Å². The van der Waals surface area contributed by atoms with Gasteiger partial charge in [0.15, 0.2) is 5.69 Å². The molecule has 0 bridgehead atoms. The number of hydrogen-bond donors (Lipinski definition) is 1. The number of rotatable bonds is 2. The van der Waals surface area contributed by atoms with Gasteiger partial charge in [0, 0.05) is 7.05 Å². The molecule has 0 saturated carbocycles. The maximum atomic E-state index is 13.4. The highest BCUT2D eigenvalue weighted by molar-refractivity contribution is 5.85. The molecule has 0 atom stereocenters. The van der Waals surface area contributed by atoms with Crippen LogP contribution in [0.4, 0.5) is 4.39 Å². The zero-order valence-electron chi connectivity index (χ0n) is 7.71. The molecule has 5 heteroatoms. The van der Waals surface area contributed by atoms with Crippen LogP contribution in [0, 0.1) is 0 Å². The number of aromatic carboxylic acids is 1. The summed E-state index contributed by atoms with van der Waals surface area (Å²) in [5.41, 5.74) is -1.46. The molecule has 1 heterocycles. The summed E-state index contributed by atoms with van der Waals surface area (Å²) < 4.78 is 14.6. The molecule has 0 aliphatic rings. The third kappa shape index (κ3) is 1.85. The first-order valence-electron chi connectivity index (χ1n) is 3.79. The zero-order valence-corrected chi connectivity index (χ0v) is 7.71. The number of aromatic nitrogens is 2. The van der Waals surface area contributed by atoms with Crippen molar-refractivity contribution in [2.45, 2.75) is 19.5 Å². The Labute approximate surface area is 75.0 Å². The van der Waals surface area contributed by atoms with Crippen molar-refractivity contribution in [3.63, 3.8) is 0 Å². The van der Waals surface area contributed by atoms with Gasteiger partial charge in [-0.2, -0.15) is 5.10 Å². The molecule has 1 aromatic rings. The van der Waals surface area contributed by atoms with E-state index in [2.05, 4.69) is 5.10 Å². The van der Waals surface area contributed by atoms with Crippen molar-refractivity contribution in [2.75, 3.05) is 0 Å². The fraction of sp³-hybridized carbons (Fsp3) is 0.500. The minimum Gasteiger partial charge on any atom is -0.476 e. The van der Waals surface area contributed by atoms with Gasteiger partial charge < -0.3 is 5.11 Å². The maximum absolute atomic E-state index is 13.4. The standard InChI is InChI=1S/C8H11FN2O2/c1-8(2,9)6-4-5(7(12)13)10-11(6)3/h4H,1-3H3,(H,12,13). The molecule has 0 saturated heterocycles. The first-order valence-corrected chi connectivity index (χ1v) is 3.79. The second-order valence-electron chi connectivity index (χ2n) is 3.32. The van der Waals surface area contributed by atoms with Crippen LogP contribution in [0.15, 0.2) is 6.07 Å². The summed E-state index contributed by atoms with van der Waals surface area (Å²) in [4.78, 5) is 10.5. The van der Waals surface area contributed by atoms with Crippen molar-refractivity contribution < 1.29 is 14.3 Å². The van der Waals surface area contributed by atoms with Gasteiger partial charge in [-0.05, 0) is 19.9 Å². The van der Waals surface area contributed by atoms with Crippen molar-refractivity contribution in [1.82, 2.24) is 9.78 Å². The van der Waals surface area contributed by atoms with Gasteiger partial charge in [0.1, 0.15) is 5.67 Å². The third-order valence-corrected chi connectivity index (χ3v) is 1.71. The molecule has 0 unspecified atom stereocenters. The molecule has 1 aromatic heterocycles. The summed E-state index contributed by atoms with van der Waals surface area (Å²) in [6, 6.07) is 1.24. The van der Waals surface area contributed by atoms with Gasteiger partial charge in [-0.15, -0.1) is 0 Å². The van der Waals surface area contributed by atoms with Crippen LogP contribution in [-0.2, 0) is 12.7 Å². The molecule has 13 heavy (non-hydrogen) atoms. The Balaban J connectivity index is 3.18. The molecule has 0 aliphatic heterocycles. The van der Waals surface area contributed by atoms with Crippen LogP contribution in [-0.4, -0.2) is 20.9 Å². The Hall–Kier alpha value is -1.39. The highest BCUT2D eigenvalue weighted by Gasteiger charge is 2.25. The smallest absolute Gasteiger partial charge is 0.356 e. The number of carboxylic acids is 1. The van der Waals surface area contributed by atoms with Gasteiger partial charge in [0.05, 0.1) is 5.69 Å². The molecule has 1 N–H and O–H groups in total. The number of hydrogen-bond acceptors (Lipinski definition) is 2. The molecule has 72 valence electrons. The molecular formula is C8H11FN2O2. The Morgan fingerprint density at radius 2 is 2.23 bits per heavy atom. The van der Waals surface area contributed by atoms with E-state index in [0.29, 0.717) is 0 Å². The van der Waals surface area contributed by atoms with Crippen LogP contribution < -0.4 is 0 Å². The van der Waals surface area contributed by atoms with Crippen LogP contribution >= 0.6 is 0 Å². The van der Waals surface area contributed by atoms with E-state index in [0.717, 1.165) is 0 Å². The van der Waals surface area contributed by atoms with Crippen molar-refractivity contribution in [3.8, 4) is 0 Å². The molecule has 0 radical (unpaired) electrons. The van der Waals surface area contributed by atoms with Crippen molar-refractivity contribution >= 4 is 5.97 Å². The highest BCUT2D eigenvalue weighted by Crippen LogP contribution is 2.24. The topological polar surface area (TPSA) is 55.1 Å². The SMILES string of the molecule is Cn1nc(C(=O)O)cc1C(C)(C)F. The van der Waals surface area contributed by atoms with Crippen LogP contribution in [0.1, 0.15) is 30.0 Å². The normalized spacial score (nSPS) is 11.7. The average molecular weight is 186 g/mol. The largest absolute Gasteiger partial charge is 0.476 e. The van der Waals surface area contributed by atoms with E-state index in [9.17, 15) is 9.18 Å². The van der Waals surface area contributed by atoms with Crippen molar-refractivity contribution in [1.29, 1.82) is 0 Å². The monoisotopic (exact) mass is 186 g/mol. The van der Waals surface area contributed by atoms with E-state index < -0.39 is 11.6 Å². The third-order valence-electron chi connectivity index (χ3n) is 1.71. The number of carbonyl (C=O) groups is 1. The van der Waals surface area contributed by atoms with Gasteiger partial charge in [0.2, 0.25) is 0 Å². The summed E-state index contributed by atoms with van der Waals surface area (Å²) in [6.45, 7) is 2.71. The first-order chi connectivity index (χ1) is 5.82. The predicted octanol–water partition coefficient (Wildman–Crippen LogP) is 1.32. The van der Waals surface area contributed by atoms with E-state index in [4.69, 9.17) is 5.11 Å². The maximum Gasteiger partial charge on any atom is 0.356 e. The molecular weight excluding hydrogens is 175 g/mol. The lowest BCUT2D eigenvalue weighted by atomic mass is 10.1. The fourth-order valence-electron chi connectivity index (χ4n) is 1.13. The van der Waals surface area contributed by atoms with Crippen LogP contribution in [0.2, 0.25) is 0 Å². The molecule has 0 aromatic carbocycles. The lowest BCUT2D eigenvalue weighted by molar-refractivity contribution is 0.0689. The first kappa shape index (κ1) is 9.70. The quantitative estimate of drug-likeness (QED) is 0.757. The summed E-state index contributed by atoms with van der Waals surface area (Å²) in [5.74, 6) is -1.15. The minimum atomic E-state index is -1.57.